The largest absolute Gasteiger partial charge is 0.374 e. The van der Waals surface area contributed by atoms with E-state index in [-0.39, 0.29) is 0 Å². The highest BCUT2D eigenvalue weighted by Gasteiger charge is 2.57. The van der Waals surface area contributed by atoms with Crippen molar-refractivity contribution in [1.82, 2.24) is 0 Å². The predicted octanol–water partition coefficient (Wildman–Crippen LogP) is 4.91. The lowest BCUT2D eigenvalue weighted by molar-refractivity contribution is -0.0877. The first-order valence-electron chi connectivity index (χ1n) is 8.89. The Morgan fingerprint density at radius 2 is 2.00 bits per heavy atom. The summed E-state index contributed by atoms with van der Waals surface area (Å²) >= 11 is 1.93. The van der Waals surface area contributed by atoms with Gasteiger partial charge in [-0.3, -0.25) is 0 Å². The molecule has 5 atom stereocenters. The highest BCUT2D eigenvalue weighted by Crippen LogP contribution is 2.57. The molecular weight excluding hydrogens is 314 g/mol. The zero-order chi connectivity index (χ0) is 17.4. The van der Waals surface area contributed by atoms with Gasteiger partial charge in [-0.25, -0.2) is 0 Å². The Kier molecular flexibility index (Phi) is 4.82. The summed E-state index contributed by atoms with van der Waals surface area (Å²) in [6.07, 6.45) is 5.86. The van der Waals surface area contributed by atoms with Crippen molar-refractivity contribution in [1.29, 1.82) is 5.26 Å². The molecule has 3 aliphatic carbocycles. The van der Waals surface area contributed by atoms with Crippen molar-refractivity contribution in [2.24, 2.45) is 29.1 Å². The van der Waals surface area contributed by atoms with E-state index in [2.05, 4.69) is 69.3 Å². The van der Waals surface area contributed by atoms with E-state index >= 15 is 0 Å². The molecule has 0 spiro atoms. The molecule has 24 heavy (non-hydrogen) atoms. The Bertz CT molecular complexity index is 650. The van der Waals surface area contributed by atoms with E-state index in [1.165, 1.54) is 4.90 Å². The van der Waals surface area contributed by atoms with E-state index in [0.29, 0.717) is 30.1 Å². The van der Waals surface area contributed by atoms with Crippen LogP contribution in [0.2, 0.25) is 0 Å². The summed E-state index contributed by atoms with van der Waals surface area (Å²) in [4.78, 5) is 1.32. The first-order valence-corrected chi connectivity index (χ1v) is 9.88. The van der Waals surface area contributed by atoms with Crippen molar-refractivity contribution >= 4 is 11.8 Å². The molecule has 0 heterocycles. The number of nitrogens with zero attached hydrogens (tertiary/aromatic N) is 1. The average Bonchev–Trinajstić information content (AvgIpc) is 2.57. The lowest BCUT2D eigenvalue weighted by Gasteiger charge is -2.54. The van der Waals surface area contributed by atoms with Gasteiger partial charge in [-0.15, -0.1) is 11.8 Å². The highest BCUT2D eigenvalue weighted by molar-refractivity contribution is 7.99. The van der Waals surface area contributed by atoms with Gasteiger partial charge < -0.3 is 5.11 Å². The summed E-state index contributed by atoms with van der Waals surface area (Å²) in [5.74, 6) is 3.15. The molecule has 0 aliphatic heterocycles. The van der Waals surface area contributed by atoms with Gasteiger partial charge >= 0.3 is 0 Å². The number of fused-ring (bicyclic) bond motifs is 2. The molecule has 1 N–H and O–H groups in total. The number of hydrogen-bond donors (Lipinski definition) is 1. The van der Waals surface area contributed by atoms with Crippen LogP contribution < -0.4 is 0 Å². The van der Waals surface area contributed by atoms with E-state index in [1.807, 2.05) is 11.8 Å². The van der Waals surface area contributed by atoms with E-state index in [4.69, 9.17) is 0 Å². The van der Waals surface area contributed by atoms with Crippen LogP contribution in [-0.4, -0.2) is 16.5 Å². The van der Waals surface area contributed by atoms with Crippen molar-refractivity contribution in [2.45, 2.75) is 44.1 Å². The van der Waals surface area contributed by atoms with Crippen LogP contribution >= 0.6 is 11.8 Å². The normalized spacial score (nSPS) is 35.8. The van der Waals surface area contributed by atoms with Crippen molar-refractivity contribution < 1.29 is 5.11 Å². The number of aliphatic hydroxyl groups is 1. The van der Waals surface area contributed by atoms with Gasteiger partial charge in [0.15, 0.2) is 5.60 Å². The lowest BCUT2D eigenvalue weighted by Crippen LogP contribution is -2.56. The van der Waals surface area contributed by atoms with Gasteiger partial charge in [0.1, 0.15) is 0 Å². The maximum absolute atomic E-state index is 10.8. The molecule has 3 aliphatic rings. The van der Waals surface area contributed by atoms with Gasteiger partial charge in [-0.2, -0.15) is 5.26 Å². The minimum Gasteiger partial charge on any atom is -0.374 e. The summed E-state index contributed by atoms with van der Waals surface area (Å²) < 4.78 is 0. The Morgan fingerprint density at radius 3 is 2.58 bits per heavy atom. The molecular formula is C21H27NOS. The molecule has 1 aromatic carbocycles. The maximum Gasteiger partial charge on any atom is 0.160 e. The SMILES string of the molecule is CC(C)[C@H](CSc1ccccc1)[C@@H]1C[C@@]2(C)C=C[C@H]1C[C@@]2(O)C#N. The third kappa shape index (κ3) is 3.03. The first-order chi connectivity index (χ1) is 11.4. The third-order valence-corrected chi connectivity index (χ3v) is 7.33. The molecule has 128 valence electrons. The molecule has 1 saturated carbocycles. The molecule has 0 aromatic heterocycles. The van der Waals surface area contributed by atoms with Gasteiger partial charge in [0.25, 0.3) is 0 Å². The third-order valence-electron chi connectivity index (χ3n) is 6.17. The second kappa shape index (κ2) is 6.58. The van der Waals surface area contributed by atoms with Gasteiger partial charge in [0.2, 0.25) is 0 Å². The molecule has 3 heteroatoms. The van der Waals surface area contributed by atoms with Gasteiger partial charge in [-0.1, -0.05) is 51.1 Å². The average molecular weight is 342 g/mol. The van der Waals surface area contributed by atoms with E-state index < -0.39 is 11.0 Å². The van der Waals surface area contributed by atoms with E-state index in [1.54, 1.807) is 0 Å². The highest BCUT2D eigenvalue weighted by atomic mass is 32.2. The lowest BCUT2D eigenvalue weighted by atomic mass is 9.51. The number of thioether (sulfide) groups is 1. The Labute approximate surface area is 150 Å². The standard InChI is InChI=1S/C21H27NOS/c1-15(2)19(13-24-17-7-5-4-6-8-17)18-12-20(3)10-9-16(18)11-21(20,23)14-22/h4-10,15-16,18-19,23H,11-13H2,1-3H3/t16-,18+,19-,20+,21+/m0/s1. The molecule has 2 bridgehead atoms. The number of rotatable bonds is 5. The molecule has 4 rings (SSSR count). The number of benzene rings is 1. The smallest absolute Gasteiger partial charge is 0.160 e. The second-order valence-corrected chi connectivity index (χ2v) is 9.11. The van der Waals surface area contributed by atoms with Crippen LogP contribution in [-0.2, 0) is 0 Å². The van der Waals surface area contributed by atoms with Crippen molar-refractivity contribution in [3.63, 3.8) is 0 Å². The summed E-state index contributed by atoms with van der Waals surface area (Å²) in [6, 6.07) is 12.8. The summed E-state index contributed by atoms with van der Waals surface area (Å²) in [7, 11) is 0. The predicted molar refractivity (Wildman–Crippen MR) is 99.5 cm³/mol. The quantitative estimate of drug-likeness (QED) is 0.470. The van der Waals surface area contributed by atoms with Crippen LogP contribution in [0.4, 0.5) is 0 Å². The zero-order valence-electron chi connectivity index (χ0n) is 14.8. The van der Waals surface area contributed by atoms with E-state index in [0.717, 1.165) is 12.2 Å². The van der Waals surface area contributed by atoms with E-state index in [9.17, 15) is 10.4 Å². The van der Waals surface area contributed by atoms with Gasteiger partial charge in [0, 0.05) is 16.1 Å². The fourth-order valence-corrected chi connectivity index (χ4v) is 5.82. The molecule has 1 fully saturated rings. The minimum atomic E-state index is -1.20. The van der Waals surface area contributed by atoms with Crippen LogP contribution in [0.15, 0.2) is 47.4 Å². The molecule has 0 radical (unpaired) electrons. The Hall–Kier alpha value is -1.24. The Balaban J connectivity index is 1.77. The summed E-state index contributed by atoms with van der Waals surface area (Å²) in [5, 5.41) is 20.2. The minimum absolute atomic E-state index is 0.320. The monoisotopic (exact) mass is 341 g/mol. The Morgan fingerprint density at radius 1 is 1.29 bits per heavy atom. The second-order valence-electron chi connectivity index (χ2n) is 8.02. The van der Waals surface area contributed by atoms with Crippen LogP contribution in [0.3, 0.4) is 0 Å². The van der Waals surface area contributed by atoms with Gasteiger partial charge in [0.05, 0.1) is 6.07 Å². The summed E-state index contributed by atoms with van der Waals surface area (Å²) in [6.45, 7) is 6.67. The van der Waals surface area contributed by atoms with Crippen LogP contribution in [0, 0.1) is 40.4 Å². The maximum atomic E-state index is 10.8. The van der Waals surface area contributed by atoms with Gasteiger partial charge in [-0.05, 0) is 48.6 Å². The van der Waals surface area contributed by atoms with Crippen LogP contribution in [0.5, 0.6) is 0 Å². The van der Waals surface area contributed by atoms with Crippen molar-refractivity contribution in [2.75, 3.05) is 5.75 Å². The molecule has 0 amide bonds. The topological polar surface area (TPSA) is 44.0 Å². The molecule has 1 aromatic rings. The molecule has 2 nitrogen and oxygen atoms in total. The molecule has 0 saturated heterocycles. The van der Waals surface area contributed by atoms with Crippen molar-refractivity contribution in [3.8, 4) is 6.07 Å². The fourth-order valence-electron chi connectivity index (χ4n) is 4.45. The number of nitriles is 1. The van der Waals surface area contributed by atoms with Crippen molar-refractivity contribution in [3.05, 3.63) is 42.5 Å². The zero-order valence-corrected chi connectivity index (χ0v) is 15.6. The number of hydrogen-bond acceptors (Lipinski definition) is 3. The number of allylic oxidation sites excluding steroid dienone is 1. The molecule has 0 unspecified atom stereocenters. The summed E-state index contributed by atoms with van der Waals surface area (Å²) in [5.41, 5.74) is -1.61. The van der Waals surface area contributed by atoms with Crippen LogP contribution in [0.25, 0.3) is 0 Å². The van der Waals surface area contributed by atoms with Crippen LogP contribution in [0.1, 0.15) is 33.6 Å². The fraction of sp³-hybridized carbons (Fsp3) is 0.571. The first kappa shape index (κ1) is 17.6.